The van der Waals surface area contributed by atoms with Gasteiger partial charge in [0.2, 0.25) is 0 Å². The molecule has 0 amide bonds. The first-order chi connectivity index (χ1) is 7.49. The predicted molar refractivity (Wildman–Crippen MR) is 71.9 cm³/mol. The highest BCUT2D eigenvalue weighted by Gasteiger charge is 2.06. The van der Waals surface area contributed by atoms with E-state index >= 15 is 0 Å². The minimum Gasteiger partial charge on any atom is -0.357 e. The third-order valence-corrected chi connectivity index (χ3v) is 1.80. The third kappa shape index (κ3) is 9.52. The van der Waals surface area contributed by atoms with Crippen LogP contribution in [0.15, 0.2) is 17.6 Å². The van der Waals surface area contributed by atoms with E-state index in [0.717, 1.165) is 32.1 Å². The van der Waals surface area contributed by atoms with Crippen LogP contribution >= 0.6 is 0 Å². The standard InChI is InChI=1S/C12H26N4/c1-6-8-14-11(13-7-2)15-9-10-16-12(3,4)5/h6,16H,1,7-10H2,2-5H3,(H2,13,14,15). The van der Waals surface area contributed by atoms with E-state index < -0.39 is 0 Å². The molecule has 4 heteroatoms. The fraction of sp³-hybridized carbons (Fsp3) is 0.750. The Morgan fingerprint density at radius 1 is 1.31 bits per heavy atom. The average Bonchev–Trinajstić information content (AvgIpc) is 2.19. The molecule has 4 nitrogen and oxygen atoms in total. The largest absolute Gasteiger partial charge is 0.357 e. The van der Waals surface area contributed by atoms with Crippen molar-refractivity contribution in [3.63, 3.8) is 0 Å². The second-order valence-electron chi connectivity index (χ2n) is 4.61. The topological polar surface area (TPSA) is 48.5 Å². The summed E-state index contributed by atoms with van der Waals surface area (Å²) in [6.07, 6.45) is 1.82. The molecule has 0 aromatic heterocycles. The van der Waals surface area contributed by atoms with Gasteiger partial charge in [-0.05, 0) is 27.7 Å². The van der Waals surface area contributed by atoms with Gasteiger partial charge in [0.25, 0.3) is 0 Å². The van der Waals surface area contributed by atoms with Gasteiger partial charge in [0.1, 0.15) is 0 Å². The molecular weight excluding hydrogens is 200 g/mol. The molecule has 0 atom stereocenters. The summed E-state index contributed by atoms with van der Waals surface area (Å²) in [4.78, 5) is 4.44. The molecule has 0 aromatic rings. The van der Waals surface area contributed by atoms with Gasteiger partial charge in [-0.3, -0.25) is 4.99 Å². The molecule has 0 heterocycles. The first kappa shape index (κ1) is 15.0. The predicted octanol–water partition coefficient (Wildman–Crippen LogP) is 1.12. The van der Waals surface area contributed by atoms with Crippen molar-refractivity contribution in [1.82, 2.24) is 16.0 Å². The maximum Gasteiger partial charge on any atom is 0.191 e. The van der Waals surface area contributed by atoms with Gasteiger partial charge in [0, 0.05) is 25.2 Å². The van der Waals surface area contributed by atoms with Crippen LogP contribution in [-0.2, 0) is 0 Å². The van der Waals surface area contributed by atoms with Crippen LogP contribution in [0.4, 0.5) is 0 Å². The van der Waals surface area contributed by atoms with E-state index in [4.69, 9.17) is 0 Å². The molecule has 0 radical (unpaired) electrons. The fourth-order valence-corrected chi connectivity index (χ4v) is 1.11. The summed E-state index contributed by atoms with van der Waals surface area (Å²) < 4.78 is 0. The van der Waals surface area contributed by atoms with Crippen LogP contribution in [-0.4, -0.2) is 37.7 Å². The Balaban J connectivity index is 3.88. The second kappa shape index (κ2) is 8.16. The summed E-state index contributed by atoms with van der Waals surface area (Å²) in [6.45, 7) is 15.4. The zero-order valence-electron chi connectivity index (χ0n) is 11.1. The SMILES string of the molecule is C=CCNC(=NCCNC(C)(C)C)NCC. The fourth-order valence-electron chi connectivity index (χ4n) is 1.11. The lowest BCUT2D eigenvalue weighted by Gasteiger charge is -2.19. The summed E-state index contributed by atoms with van der Waals surface area (Å²) in [5.74, 6) is 0.845. The van der Waals surface area contributed by atoms with E-state index in [1.54, 1.807) is 0 Å². The van der Waals surface area contributed by atoms with Gasteiger partial charge in [0.05, 0.1) is 6.54 Å². The second-order valence-corrected chi connectivity index (χ2v) is 4.61. The van der Waals surface area contributed by atoms with Crippen molar-refractivity contribution < 1.29 is 0 Å². The Morgan fingerprint density at radius 3 is 2.50 bits per heavy atom. The van der Waals surface area contributed by atoms with Gasteiger partial charge in [-0.1, -0.05) is 6.08 Å². The summed E-state index contributed by atoms with van der Waals surface area (Å²) >= 11 is 0. The third-order valence-electron chi connectivity index (χ3n) is 1.80. The van der Waals surface area contributed by atoms with Crippen LogP contribution in [0.3, 0.4) is 0 Å². The van der Waals surface area contributed by atoms with E-state index in [2.05, 4.69) is 55.2 Å². The molecule has 0 aromatic carbocycles. The van der Waals surface area contributed by atoms with Crippen molar-refractivity contribution in [2.24, 2.45) is 4.99 Å². The molecule has 0 saturated carbocycles. The Bertz CT molecular complexity index is 216. The van der Waals surface area contributed by atoms with Crippen LogP contribution in [0, 0.1) is 0 Å². The number of nitrogens with one attached hydrogen (secondary N) is 3. The molecule has 94 valence electrons. The zero-order chi connectivity index (χ0) is 12.4. The van der Waals surface area contributed by atoms with Crippen molar-refractivity contribution in [3.8, 4) is 0 Å². The van der Waals surface area contributed by atoms with Gasteiger partial charge < -0.3 is 16.0 Å². The average molecular weight is 226 g/mol. The van der Waals surface area contributed by atoms with Gasteiger partial charge in [-0.15, -0.1) is 6.58 Å². The molecule has 0 aliphatic carbocycles. The summed E-state index contributed by atoms with van der Waals surface area (Å²) in [5, 5.41) is 9.73. The molecule has 0 rings (SSSR count). The van der Waals surface area contributed by atoms with E-state index in [1.165, 1.54) is 0 Å². The van der Waals surface area contributed by atoms with Crippen molar-refractivity contribution >= 4 is 5.96 Å². The molecule has 0 unspecified atom stereocenters. The maximum absolute atomic E-state index is 4.44. The van der Waals surface area contributed by atoms with Crippen LogP contribution < -0.4 is 16.0 Å². The Labute approximate surface area is 99.6 Å². The first-order valence-electron chi connectivity index (χ1n) is 5.87. The van der Waals surface area contributed by atoms with E-state index in [-0.39, 0.29) is 5.54 Å². The zero-order valence-corrected chi connectivity index (χ0v) is 11.1. The molecule has 0 aliphatic heterocycles. The van der Waals surface area contributed by atoms with Gasteiger partial charge in [-0.25, -0.2) is 0 Å². The number of guanidine groups is 1. The van der Waals surface area contributed by atoms with E-state index in [0.29, 0.717) is 0 Å². The van der Waals surface area contributed by atoms with Crippen LogP contribution in [0.25, 0.3) is 0 Å². The maximum atomic E-state index is 4.44. The molecule has 0 saturated heterocycles. The lowest BCUT2D eigenvalue weighted by molar-refractivity contribution is 0.432. The lowest BCUT2D eigenvalue weighted by Crippen LogP contribution is -2.40. The molecule has 0 fully saturated rings. The van der Waals surface area contributed by atoms with Crippen molar-refractivity contribution in [3.05, 3.63) is 12.7 Å². The number of hydrogen-bond acceptors (Lipinski definition) is 2. The molecule has 16 heavy (non-hydrogen) atoms. The van der Waals surface area contributed by atoms with Crippen molar-refractivity contribution in [2.75, 3.05) is 26.2 Å². The summed E-state index contributed by atoms with van der Waals surface area (Å²) in [5.41, 5.74) is 0.155. The molecular formula is C12H26N4. The minimum absolute atomic E-state index is 0.155. The number of nitrogens with zero attached hydrogens (tertiary/aromatic N) is 1. The summed E-state index contributed by atoms with van der Waals surface area (Å²) in [7, 11) is 0. The minimum atomic E-state index is 0.155. The highest BCUT2D eigenvalue weighted by atomic mass is 15.2. The molecule has 3 N–H and O–H groups in total. The lowest BCUT2D eigenvalue weighted by atomic mass is 10.1. The molecule has 0 bridgehead atoms. The van der Waals surface area contributed by atoms with Crippen molar-refractivity contribution in [1.29, 1.82) is 0 Å². The Kier molecular flexibility index (Phi) is 7.64. The Morgan fingerprint density at radius 2 is 2.00 bits per heavy atom. The van der Waals surface area contributed by atoms with Crippen LogP contribution in [0.2, 0.25) is 0 Å². The highest BCUT2D eigenvalue weighted by molar-refractivity contribution is 5.79. The monoisotopic (exact) mass is 226 g/mol. The van der Waals surface area contributed by atoms with Gasteiger partial charge >= 0.3 is 0 Å². The first-order valence-corrected chi connectivity index (χ1v) is 5.87. The smallest absolute Gasteiger partial charge is 0.191 e. The highest BCUT2D eigenvalue weighted by Crippen LogP contribution is 1.96. The normalized spacial score (nSPS) is 12.4. The summed E-state index contributed by atoms with van der Waals surface area (Å²) in [6, 6.07) is 0. The molecule has 0 spiro atoms. The van der Waals surface area contributed by atoms with Crippen LogP contribution in [0.1, 0.15) is 27.7 Å². The van der Waals surface area contributed by atoms with E-state index in [1.807, 2.05) is 6.08 Å². The van der Waals surface area contributed by atoms with Gasteiger partial charge in [0.15, 0.2) is 5.96 Å². The van der Waals surface area contributed by atoms with Crippen LogP contribution in [0.5, 0.6) is 0 Å². The molecule has 0 aliphatic rings. The van der Waals surface area contributed by atoms with Crippen molar-refractivity contribution in [2.45, 2.75) is 33.2 Å². The Hall–Kier alpha value is -1.03. The van der Waals surface area contributed by atoms with E-state index in [9.17, 15) is 0 Å². The quantitative estimate of drug-likeness (QED) is 0.275. The van der Waals surface area contributed by atoms with Gasteiger partial charge in [-0.2, -0.15) is 0 Å². The number of rotatable bonds is 6. The number of hydrogen-bond donors (Lipinski definition) is 3. The number of aliphatic imine (C=N–C) groups is 1.